The number of rotatable bonds is 7. The number of benzene rings is 8. The van der Waals surface area contributed by atoms with Gasteiger partial charge in [0.15, 0.2) is 5.82 Å². The SMILES string of the molecule is c1ccc(-c2ccc(-c3cc(-c4ccc(-c5nc6cccc(-c7ccccc7)c6c6oc7ccccc7c56)cc4)nc(-c4ccc(-c5ccccc5)cc4)n3)cc2)cc1. The molecule has 0 spiro atoms. The van der Waals surface area contributed by atoms with Crippen molar-refractivity contribution in [2.45, 2.75) is 0 Å². The van der Waals surface area contributed by atoms with E-state index in [1.54, 1.807) is 0 Å². The molecule has 3 heterocycles. The van der Waals surface area contributed by atoms with Gasteiger partial charge in [0, 0.05) is 27.6 Å². The van der Waals surface area contributed by atoms with Gasteiger partial charge >= 0.3 is 0 Å². The molecule has 4 heteroatoms. The molecule has 59 heavy (non-hydrogen) atoms. The first-order valence-corrected chi connectivity index (χ1v) is 19.8. The van der Waals surface area contributed by atoms with Crippen LogP contribution in [0.15, 0.2) is 217 Å². The lowest BCUT2D eigenvalue weighted by molar-refractivity contribution is 0.672. The van der Waals surface area contributed by atoms with Gasteiger partial charge in [0.25, 0.3) is 0 Å². The summed E-state index contributed by atoms with van der Waals surface area (Å²) < 4.78 is 6.70. The number of hydrogen-bond acceptors (Lipinski definition) is 4. The first-order chi connectivity index (χ1) is 29.2. The molecule has 0 radical (unpaired) electrons. The van der Waals surface area contributed by atoms with Crippen molar-refractivity contribution < 1.29 is 4.42 Å². The zero-order valence-corrected chi connectivity index (χ0v) is 32.0. The highest BCUT2D eigenvalue weighted by molar-refractivity contribution is 6.22. The van der Waals surface area contributed by atoms with Crippen LogP contribution in [-0.2, 0) is 0 Å². The number of hydrogen-bond donors (Lipinski definition) is 0. The average Bonchev–Trinajstić information content (AvgIpc) is 3.72. The lowest BCUT2D eigenvalue weighted by atomic mass is 9.96. The lowest BCUT2D eigenvalue weighted by Gasteiger charge is -2.12. The molecule has 0 N–H and O–H groups in total. The summed E-state index contributed by atoms with van der Waals surface area (Å²) in [5, 5.41) is 3.06. The standard InChI is InChI=1S/C55H35N3O/c1-4-13-36(14-5-1)38-23-27-41(28-24-38)48-35-49(58-55(57-48)44-33-25-39(26-34-44)37-15-6-2-7-16-37)42-29-31-43(32-30-42)53-52-46-19-10-11-22-50(46)59-54(52)51-45(20-12-21-47(51)56-53)40-17-8-3-9-18-40/h1-35H. The van der Waals surface area contributed by atoms with E-state index in [1.807, 2.05) is 30.3 Å². The van der Waals surface area contributed by atoms with Crippen LogP contribution in [0.2, 0.25) is 0 Å². The van der Waals surface area contributed by atoms with Gasteiger partial charge in [-0.25, -0.2) is 15.0 Å². The molecular formula is C55H35N3O. The van der Waals surface area contributed by atoms with Crippen molar-refractivity contribution in [2.75, 3.05) is 0 Å². The summed E-state index contributed by atoms with van der Waals surface area (Å²) in [4.78, 5) is 15.7. The molecule has 0 aliphatic rings. The summed E-state index contributed by atoms with van der Waals surface area (Å²) >= 11 is 0. The molecule has 0 aliphatic heterocycles. The Morgan fingerprint density at radius 2 is 0.797 bits per heavy atom. The molecule has 276 valence electrons. The van der Waals surface area contributed by atoms with Gasteiger partial charge in [-0.15, -0.1) is 0 Å². The van der Waals surface area contributed by atoms with Crippen molar-refractivity contribution in [3.05, 3.63) is 212 Å². The highest BCUT2D eigenvalue weighted by Crippen LogP contribution is 2.43. The fraction of sp³-hybridized carbons (Fsp3) is 0. The molecule has 0 fully saturated rings. The van der Waals surface area contributed by atoms with E-state index in [0.717, 1.165) is 94.4 Å². The van der Waals surface area contributed by atoms with Crippen molar-refractivity contribution >= 4 is 32.8 Å². The van der Waals surface area contributed by atoms with Crippen LogP contribution in [0.25, 0.3) is 111 Å². The maximum absolute atomic E-state index is 6.70. The first-order valence-electron chi connectivity index (χ1n) is 19.8. The zero-order valence-electron chi connectivity index (χ0n) is 32.0. The molecule has 3 aromatic heterocycles. The van der Waals surface area contributed by atoms with Crippen molar-refractivity contribution in [1.82, 2.24) is 15.0 Å². The van der Waals surface area contributed by atoms with E-state index in [-0.39, 0.29) is 0 Å². The van der Waals surface area contributed by atoms with Crippen LogP contribution in [0.1, 0.15) is 0 Å². The number of nitrogens with zero attached hydrogens (tertiary/aromatic N) is 3. The predicted molar refractivity (Wildman–Crippen MR) is 243 cm³/mol. The Hall–Kier alpha value is -7.95. The maximum atomic E-state index is 6.70. The second-order valence-electron chi connectivity index (χ2n) is 14.8. The van der Waals surface area contributed by atoms with Crippen LogP contribution >= 0.6 is 0 Å². The van der Waals surface area contributed by atoms with E-state index >= 15 is 0 Å². The molecule has 0 saturated carbocycles. The highest BCUT2D eigenvalue weighted by atomic mass is 16.3. The fourth-order valence-corrected chi connectivity index (χ4v) is 8.15. The van der Waals surface area contributed by atoms with Gasteiger partial charge in [0.05, 0.1) is 33.4 Å². The van der Waals surface area contributed by atoms with Crippen LogP contribution in [0.3, 0.4) is 0 Å². The fourth-order valence-electron chi connectivity index (χ4n) is 8.15. The van der Waals surface area contributed by atoms with Crippen LogP contribution in [0.4, 0.5) is 0 Å². The van der Waals surface area contributed by atoms with Gasteiger partial charge in [-0.05, 0) is 51.6 Å². The Morgan fingerprint density at radius 1 is 0.322 bits per heavy atom. The van der Waals surface area contributed by atoms with E-state index in [0.29, 0.717) is 5.82 Å². The third kappa shape index (κ3) is 6.34. The minimum Gasteiger partial charge on any atom is -0.455 e. The summed E-state index contributed by atoms with van der Waals surface area (Å²) in [7, 11) is 0. The van der Waals surface area contributed by atoms with E-state index in [2.05, 4.69) is 182 Å². The van der Waals surface area contributed by atoms with Gasteiger partial charge in [-0.2, -0.15) is 0 Å². The normalized spacial score (nSPS) is 11.4. The monoisotopic (exact) mass is 753 g/mol. The Labute approximate surface area is 341 Å². The summed E-state index contributed by atoms with van der Waals surface area (Å²) in [5.74, 6) is 0.672. The maximum Gasteiger partial charge on any atom is 0.160 e. The number of pyridine rings is 1. The first kappa shape index (κ1) is 34.3. The Balaban J connectivity index is 1.03. The molecule has 8 aromatic carbocycles. The number of furan rings is 1. The van der Waals surface area contributed by atoms with Gasteiger partial charge < -0.3 is 4.42 Å². The molecule has 0 unspecified atom stereocenters. The number of aromatic nitrogens is 3. The molecule has 0 bridgehead atoms. The molecule has 0 saturated heterocycles. The molecular weight excluding hydrogens is 719 g/mol. The topological polar surface area (TPSA) is 51.8 Å². The second-order valence-corrected chi connectivity index (χ2v) is 14.8. The van der Waals surface area contributed by atoms with Gasteiger partial charge in [-0.1, -0.05) is 194 Å². The minimum atomic E-state index is 0.672. The largest absolute Gasteiger partial charge is 0.455 e. The van der Waals surface area contributed by atoms with Crippen LogP contribution in [0, 0.1) is 0 Å². The van der Waals surface area contributed by atoms with Crippen molar-refractivity contribution in [3.63, 3.8) is 0 Å². The molecule has 11 rings (SSSR count). The Morgan fingerprint density at radius 3 is 1.39 bits per heavy atom. The van der Waals surface area contributed by atoms with E-state index in [4.69, 9.17) is 19.4 Å². The smallest absolute Gasteiger partial charge is 0.160 e. The van der Waals surface area contributed by atoms with Gasteiger partial charge in [-0.3, -0.25) is 0 Å². The third-order valence-corrected chi connectivity index (χ3v) is 11.1. The minimum absolute atomic E-state index is 0.672. The molecule has 11 aromatic rings. The van der Waals surface area contributed by atoms with Crippen LogP contribution in [0.5, 0.6) is 0 Å². The molecule has 4 nitrogen and oxygen atoms in total. The quantitative estimate of drug-likeness (QED) is 0.163. The van der Waals surface area contributed by atoms with E-state index in [1.165, 1.54) is 11.1 Å². The number of fused-ring (bicyclic) bond motifs is 5. The molecule has 0 amide bonds. The summed E-state index contributed by atoms with van der Waals surface area (Å²) in [6, 6.07) is 73.7. The summed E-state index contributed by atoms with van der Waals surface area (Å²) in [6.07, 6.45) is 0. The lowest BCUT2D eigenvalue weighted by Crippen LogP contribution is -1.96. The summed E-state index contributed by atoms with van der Waals surface area (Å²) in [5.41, 5.74) is 16.0. The van der Waals surface area contributed by atoms with E-state index < -0.39 is 0 Å². The Bertz CT molecular complexity index is 3170. The van der Waals surface area contributed by atoms with Gasteiger partial charge in [0.2, 0.25) is 0 Å². The zero-order chi connectivity index (χ0) is 39.1. The van der Waals surface area contributed by atoms with E-state index in [9.17, 15) is 0 Å². The third-order valence-electron chi connectivity index (χ3n) is 11.1. The van der Waals surface area contributed by atoms with Gasteiger partial charge in [0.1, 0.15) is 11.2 Å². The second kappa shape index (κ2) is 14.5. The summed E-state index contributed by atoms with van der Waals surface area (Å²) in [6.45, 7) is 0. The van der Waals surface area contributed by atoms with Crippen molar-refractivity contribution in [2.24, 2.45) is 0 Å². The highest BCUT2D eigenvalue weighted by Gasteiger charge is 2.20. The van der Waals surface area contributed by atoms with Crippen LogP contribution in [-0.4, -0.2) is 15.0 Å². The average molecular weight is 754 g/mol. The Kier molecular flexibility index (Phi) is 8.45. The van der Waals surface area contributed by atoms with Crippen molar-refractivity contribution in [3.8, 4) is 78.5 Å². The van der Waals surface area contributed by atoms with Crippen LogP contribution < -0.4 is 0 Å². The molecule has 0 atom stereocenters. The van der Waals surface area contributed by atoms with Crippen molar-refractivity contribution in [1.29, 1.82) is 0 Å². The molecule has 0 aliphatic carbocycles. The number of para-hydroxylation sites is 1. The predicted octanol–water partition coefficient (Wildman–Crippen LogP) is 14.6.